The molecule has 7 nitrogen and oxygen atoms in total. The van der Waals surface area contributed by atoms with Crippen molar-refractivity contribution in [2.75, 3.05) is 23.3 Å². The summed E-state index contributed by atoms with van der Waals surface area (Å²) >= 11 is 1.49. The lowest BCUT2D eigenvalue weighted by atomic mass is 10.2. The van der Waals surface area contributed by atoms with E-state index in [4.69, 9.17) is 0 Å². The van der Waals surface area contributed by atoms with Gasteiger partial charge in [-0.15, -0.1) is 10.2 Å². The number of carbonyl (C=O) groups is 1. The largest absolute Gasteiger partial charge is 0.372 e. The van der Waals surface area contributed by atoms with E-state index in [2.05, 4.69) is 53.2 Å². The van der Waals surface area contributed by atoms with Crippen molar-refractivity contribution in [2.24, 2.45) is 0 Å². The lowest BCUT2D eigenvalue weighted by molar-refractivity contribution is -0.116. The van der Waals surface area contributed by atoms with Crippen molar-refractivity contribution < 1.29 is 4.79 Å². The molecule has 0 aliphatic heterocycles. The maximum Gasteiger partial charge on any atom is 0.234 e. The van der Waals surface area contributed by atoms with Crippen molar-refractivity contribution in [1.29, 1.82) is 0 Å². The number of aromatic nitrogens is 4. The lowest BCUT2D eigenvalue weighted by Gasteiger charge is -2.21. The van der Waals surface area contributed by atoms with Gasteiger partial charge in [0, 0.05) is 43.2 Å². The Hall–Kier alpha value is -2.48. The number of hydrogen-bond donors (Lipinski definition) is 1. The van der Waals surface area contributed by atoms with E-state index in [1.165, 1.54) is 17.0 Å². The van der Waals surface area contributed by atoms with Crippen LogP contribution >= 0.6 is 11.3 Å². The van der Waals surface area contributed by atoms with Gasteiger partial charge in [0.25, 0.3) is 0 Å². The number of anilines is 2. The Morgan fingerprint density at radius 3 is 2.52 bits per heavy atom. The van der Waals surface area contributed by atoms with Gasteiger partial charge in [-0.05, 0) is 38.1 Å². The monoisotopic (exact) mass is 386 g/mol. The summed E-state index contributed by atoms with van der Waals surface area (Å²) in [5.41, 5.74) is 1.98. The number of benzene rings is 1. The first-order chi connectivity index (χ1) is 13.0. The van der Waals surface area contributed by atoms with Gasteiger partial charge >= 0.3 is 0 Å². The van der Waals surface area contributed by atoms with Crippen LogP contribution in [0.2, 0.25) is 0 Å². The zero-order valence-corrected chi connectivity index (χ0v) is 17.1. The first-order valence-corrected chi connectivity index (χ1v) is 10.2. The Bertz CT molecular complexity index is 895. The third kappa shape index (κ3) is 4.44. The molecule has 3 aromatic rings. The second-order valence-electron chi connectivity index (χ2n) is 6.67. The van der Waals surface area contributed by atoms with Crippen molar-refractivity contribution >= 4 is 33.6 Å². The predicted molar refractivity (Wildman–Crippen MR) is 110 cm³/mol. The Kier molecular flexibility index (Phi) is 6.05. The third-order valence-corrected chi connectivity index (χ3v) is 5.38. The summed E-state index contributed by atoms with van der Waals surface area (Å²) in [7, 11) is 0. The molecule has 3 rings (SSSR count). The highest BCUT2D eigenvalue weighted by Gasteiger charge is 2.15. The quantitative estimate of drug-likeness (QED) is 0.638. The molecular weight excluding hydrogens is 360 g/mol. The van der Waals surface area contributed by atoms with Crippen molar-refractivity contribution in [3.63, 3.8) is 0 Å². The van der Waals surface area contributed by atoms with Gasteiger partial charge in [-0.3, -0.25) is 4.79 Å². The van der Waals surface area contributed by atoms with Gasteiger partial charge in [0.05, 0.1) is 0 Å². The minimum atomic E-state index is -0.0133. The van der Waals surface area contributed by atoms with Crippen LogP contribution in [0.1, 0.15) is 50.9 Å². The zero-order valence-electron chi connectivity index (χ0n) is 16.3. The Morgan fingerprint density at radius 2 is 1.89 bits per heavy atom. The fraction of sp³-hybridized carbons (Fsp3) is 0.474. The van der Waals surface area contributed by atoms with Crippen molar-refractivity contribution in [3.8, 4) is 0 Å². The van der Waals surface area contributed by atoms with Gasteiger partial charge in [-0.1, -0.05) is 25.2 Å². The number of rotatable bonds is 8. The van der Waals surface area contributed by atoms with E-state index < -0.39 is 0 Å². The molecule has 0 radical (unpaired) electrons. The van der Waals surface area contributed by atoms with Crippen LogP contribution < -0.4 is 10.2 Å². The van der Waals surface area contributed by atoms with E-state index >= 15 is 0 Å². The average molecular weight is 387 g/mol. The molecule has 8 heteroatoms. The third-order valence-electron chi connectivity index (χ3n) is 4.42. The van der Waals surface area contributed by atoms with Gasteiger partial charge in [0.1, 0.15) is 5.01 Å². The van der Waals surface area contributed by atoms with Gasteiger partial charge in [0.15, 0.2) is 5.82 Å². The molecule has 0 fully saturated rings. The first-order valence-electron chi connectivity index (χ1n) is 9.37. The second kappa shape index (κ2) is 8.47. The van der Waals surface area contributed by atoms with E-state index in [9.17, 15) is 4.79 Å². The number of amides is 1. The van der Waals surface area contributed by atoms with Gasteiger partial charge in [-0.2, -0.15) is 9.61 Å². The molecule has 0 spiro atoms. The number of fused-ring (bicyclic) bond motifs is 1. The molecule has 0 bridgehead atoms. The van der Waals surface area contributed by atoms with Crippen LogP contribution in [0, 0.1) is 0 Å². The Balaban J connectivity index is 1.56. The molecular formula is C19H26N6OS. The maximum atomic E-state index is 12.3. The van der Waals surface area contributed by atoms with Crippen LogP contribution in [0.25, 0.3) is 4.96 Å². The predicted octanol–water partition coefficient (Wildman–Crippen LogP) is 3.73. The summed E-state index contributed by atoms with van der Waals surface area (Å²) in [5.74, 6) is 1.10. The maximum absolute atomic E-state index is 12.3. The zero-order chi connectivity index (χ0) is 19.4. The summed E-state index contributed by atoms with van der Waals surface area (Å²) in [6.45, 7) is 10.3. The number of carbonyl (C=O) groups excluding carboxylic acids is 1. The fourth-order valence-electron chi connectivity index (χ4n) is 2.92. The number of nitrogens with one attached hydrogen (secondary N) is 1. The molecule has 0 saturated carbocycles. The molecule has 0 saturated heterocycles. The van der Waals surface area contributed by atoms with Gasteiger partial charge < -0.3 is 10.2 Å². The van der Waals surface area contributed by atoms with E-state index in [0.29, 0.717) is 12.8 Å². The molecule has 144 valence electrons. The molecule has 0 aliphatic carbocycles. The molecule has 2 aromatic heterocycles. The Labute approximate surface area is 163 Å². The molecule has 2 heterocycles. The minimum Gasteiger partial charge on any atom is -0.372 e. The fourth-order valence-corrected chi connectivity index (χ4v) is 3.76. The summed E-state index contributed by atoms with van der Waals surface area (Å²) in [6, 6.07) is 7.98. The first kappa shape index (κ1) is 19.3. The second-order valence-corrected chi connectivity index (χ2v) is 7.71. The minimum absolute atomic E-state index is 0.0133. The highest BCUT2D eigenvalue weighted by molar-refractivity contribution is 7.16. The summed E-state index contributed by atoms with van der Waals surface area (Å²) in [5, 5.41) is 16.7. The number of aryl methyl sites for hydroxylation is 1. The Morgan fingerprint density at radius 1 is 1.19 bits per heavy atom. The smallest absolute Gasteiger partial charge is 0.234 e. The normalized spacial score (nSPS) is 11.3. The molecule has 1 aromatic carbocycles. The van der Waals surface area contributed by atoms with E-state index in [0.717, 1.165) is 34.6 Å². The van der Waals surface area contributed by atoms with Crippen molar-refractivity contribution in [3.05, 3.63) is 35.1 Å². The van der Waals surface area contributed by atoms with Crippen LogP contribution in [0.15, 0.2) is 24.3 Å². The number of hydrogen-bond acceptors (Lipinski definition) is 6. The standard InChI is InChI=1S/C19H26N6OS/c1-5-24(6-2)15-9-7-14(8-10-15)20-16(26)11-12-17-23-25-18(13(3)4)21-22-19(25)27-17/h7-10,13H,5-6,11-12H2,1-4H3,(H,20,26). The van der Waals surface area contributed by atoms with Crippen molar-refractivity contribution in [2.45, 2.75) is 46.5 Å². The van der Waals surface area contributed by atoms with Gasteiger partial charge in [0.2, 0.25) is 10.9 Å². The summed E-state index contributed by atoms with van der Waals surface area (Å²) < 4.78 is 1.79. The topological polar surface area (TPSA) is 75.4 Å². The van der Waals surface area contributed by atoms with Crippen molar-refractivity contribution in [1.82, 2.24) is 19.8 Å². The summed E-state index contributed by atoms with van der Waals surface area (Å²) in [4.78, 5) is 15.3. The molecule has 1 N–H and O–H groups in total. The highest BCUT2D eigenvalue weighted by atomic mass is 32.1. The van der Waals surface area contributed by atoms with Crippen LogP contribution in [0.4, 0.5) is 11.4 Å². The molecule has 0 unspecified atom stereocenters. The highest BCUT2D eigenvalue weighted by Crippen LogP contribution is 2.20. The van der Waals surface area contributed by atoms with E-state index in [1.54, 1.807) is 4.52 Å². The molecule has 1 amide bonds. The van der Waals surface area contributed by atoms with E-state index in [1.807, 2.05) is 24.3 Å². The molecule has 27 heavy (non-hydrogen) atoms. The lowest BCUT2D eigenvalue weighted by Crippen LogP contribution is -2.21. The molecule has 0 atom stereocenters. The van der Waals surface area contributed by atoms with E-state index in [-0.39, 0.29) is 11.8 Å². The van der Waals surface area contributed by atoms with Crippen LogP contribution in [-0.4, -0.2) is 38.8 Å². The van der Waals surface area contributed by atoms with Crippen LogP contribution in [0.3, 0.4) is 0 Å². The number of nitrogens with zero attached hydrogens (tertiary/aromatic N) is 5. The van der Waals surface area contributed by atoms with Crippen LogP contribution in [-0.2, 0) is 11.2 Å². The summed E-state index contributed by atoms with van der Waals surface area (Å²) in [6.07, 6.45) is 0.980. The molecule has 0 aliphatic rings. The SMILES string of the molecule is CCN(CC)c1ccc(NC(=O)CCc2nn3c(C(C)C)nnc3s2)cc1. The van der Waals surface area contributed by atoms with Crippen LogP contribution in [0.5, 0.6) is 0 Å². The average Bonchev–Trinajstić information content (AvgIpc) is 3.22. The van der Waals surface area contributed by atoms with Gasteiger partial charge in [-0.25, -0.2) is 0 Å².